The highest BCUT2D eigenvalue weighted by Gasteiger charge is 2.20. The van der Waals surface area contributed by atoms with Gasteiger partial charge in [0.05, 0.1) is 0 Å². The van der Waals surface area contributed by atoms with Crippen LogP contribution in [0.15, 0.2) is 78.9 Å². The van der Waals surface area contributed by atoms with Crippen molar-refractivity contribution in [3.05, 3.63) is 101 Å². The van der Waals surface area contributed by atoms with E-state index in [4.69, 9.17) is 22.3 Å². The van der Waals surface area contributed by atoms with Crippen LogP contribution in [0.5, 0.6) is 0 Å². The highest BCUT2D eigenvalue weighted by Crippen LogP contribution is 2.30. The molecule has 3 aromatic carbocycles. The molecule has 4 aromatic rings. The van der Waals surface area contributed by atoms with E-state index in [1.807, 2.05) is 72.8 Å². The molecule has 0 aliphatic carbocycles. The van der Waals surface area contributed by atoms with Gasteiger partial charge in [-0.15, -0.1) is 0 Å². The molecule has 0 spiro atoms. The van der Waals surface area contributed by atoms with Crippen LogP contribution in [0.1, 0.15) is 34.1 Å². The zero-order chi connectivity index (χ0) is 20.9. The summed E-state index contributed by atoms with van der Waals surface area (Å²) < 4.78 is 0. The number of carbonyl (C=O) groups excluding carboxylic acids is 1. The summed E-state index contributed by atoms with van der Waals surface area (Å²) in [5, 5.41) is 4.49. The third kappa shape index (κ3) is 4.39. The van der Waals surface area contributed by atoms with Gasteiger partial charge in [0, 0.05) is 21.6 Å². The van der Waals surface area contributed by atoms with Crippen LogP contribution < -0.4 is 11.2 Å². The molecule has 1 unspecified atom stereocenters. The van der Waals surface area contributed by atoms with E-state index in [1.54, 1.807) is 6.07 Å². The van der Waals surface area contributed by atoms with Crippen molar-refractivity contribution in [3.63, 3.8) is 0 Å². The zero-order valence-electron chi connectivity index (χ0n) is 16.3. The second-order valence-electron chi connectivity index (χ2n) is 7.06. The molecule has 6 heteroatoms. The molecule has 0 aliphatic heterocycles. The van der Waals surface area contributed by atoms with E-state index in [1.165, 1.54) is 0 Å². The van der Waals surface area contributed by atoms with E-state index in [0.29, 0.717) is 23.6 Å². The summed E-state index contributed by atoms with van der Waals surface area (Å²) in [6.45, 7) is 0. The third-order valence-electron chi connectivity index (χ3n) is 5.12. The van der Waals surface area contributed by atoms with Crippen molar-refractivity contribution >= 4 is 34.1 Å². The van der Waals surface area contributed by atoms with Crippen molar-refractivity contribution in [2.75, 3.05) is 5.32 Å². The summed E-state index contributed by atoms with van der Waals surface area (Å²) in [6, 6.07) is 24.7. The maximum atomic E-state index is 13.0. The first kappa shape index (κ1) is 20.2. The number of rotatable bonds is 7. The second-order valence-corrected chi connectivity index (χ2v) is 7.50. The van der Waals surface area contributed by atoms with Gasteiger partial charge in [0.2, 0.25) is 0 Å². The molecule has 30 heavy (non-hydrogen) atoms. The summed E-state index contributed by atoms with van der Waals surface area (Å²) in [4.78, 5) is 21.5. The number of hydrogen-bond donors (Lipinski definition) is 3. The molecule has 1 atom stereocenters. The minimum Gasteiger partial charge on any atom is -0.350 e. The Hall–Kier alpha value is -3.12. The number of hydrogen-bond acceptors (Lipinski definition) is 3. The summed E-state index contributed by atoms with van der Waals surface area (Å²) in [5.41, 5.74) is 3.99. The minimum atomic E-state index is -0.277. The van der Waals surface area contributed by atoms with Gasteiger partial charge in [0.1, 0.15) is 11.8 Å². The summed E-state index contributed by atoms with van der Waals surface area (Å²) in [7, 11) is 0. The van der Waals surface area contributed by atoms with Crippen LogP contribution >= 0.6 is 11.6 Å². The SMILES string of the molecule is NOC(CCc1c(C(=O)Nc2ccccc2)[nH]c2ccc(Cl)cc12)c1ccccc1. The number of aromatic amines is 1. The van der Waals surface area contributed by atoms with E-state index in [2.05, 4.69) is 10.3 Å². The largest absolute Gasteiger partial charge is 0.350 e. The second kappa shape index (κ2) is 9.13. The topological polar surface area (TPSA) is 80.1 Å². The van der Waals surface area contributed by atoms with Crippen LogP contribution in [0, 0.1) is 0 Å². The van der Waals surface area contributed by atoms with Crippen LogP contribution in [-0.2, 0) is 11.3 Å². The molecule has 0 fully saturated rings. The van der Waals surface area contributed by atoms with Gasteiger partial charge in [-0.1, -0.05) is 60.1 Å². The average Bonchev–Trinajstić information content (AvgIpc) is 3.13. The van der Waals surface area contributed by atoms with Crippen molar-refractivity contribution in [3.8, 4) is 0 Å². The lowest BCUT2D eigenvalue weighted by atomic mass is 9.99. The smallest absolute Gasteiger partial charge is 0.272 e. The fourth-order valence-electron chi connectivity index (χ4n) is 3.64. The molecule has 152 valence electrons. The molecule has 1 heterocycles. The lowest BCUT2D eigenvalue weighted by Crippen LogP contribution is -2.15. The molecule has 1 amide bonds. The molecule has 0 radical (unpaired) electrons. The number of benzene rings is 3. The van der Waals surface area contributed by atoms with Crippen LogP contribution in [0.4, 0.5) is 5.69 Å². The highest BCUT2D eigenvalue weighted by molar-refractivity contribution is 6.31. The van der Waals surface area contributed by atoms with Crippen LogP contribution in [0.25, 0.3) is 10.9 Å². The standard InChI is InChI=1S/C24H22ClN3O2/c25-17-11-13-21-20(15-17)19(12-14-22(30-26)16-7-3-1-4-8-16)23(28-21)24(29)27-18-9-5-2-6-10-18/h1-11,13,15,22,28H,12,14,26H2,(H,27,29). The first-order chi connectivity index (χ1) is 14.7. The Morgan fingerprint density at radius 2 is 1.73 bits per heavy atom. The molecule has 0 aliphatic rings. The van der Waals surface area contributed by atoms with Gasteiger partial charge in [-0.05, 0) is 54.3 Å². The number of halogens is 1. The molecule has 4 N–H and O–H groups in total. The van der Waals surface area contributed by atoms with Gasteiger partial charge >= 0.3 is 0 Å². The van der Waals surface area contributed by atoms with Gasteiger partial charge in [0.15, 0.2) is 0 Å². The number of nitrogens with one attached hydrogen (secondary N) is 2. The number of aromatic nitrogens is 1. The fourth-order valence-corrected chi connectivity index (χ4v) is 3.82. The van der Waals surface area contributed by atoms with Crippen molar-refractivity contribution < 1.29 is 9.63 Å². The number of nitrogens with two attached hydrogens (primary N) is 1. The number of fused-ring (bicyclic) bond motifs is 1. The first-order valence-corrected chi connectivity index (χ1v) is 10.1. The van der Waals surface area contributed by atoms with E-state index >= 15 is 0 Å². The van der Waals surface area contributed by atoms with Crippen LogP contribution in [0.2, 0.25) is 5.02 Å². The van der Waals surface area contributed by atoms with Gasteiger partial charge < -0.3 is 10.3 Å². The molecule has 0 saturated heterocycles. The molecule has 1 aromatic heterocycles. The Labute approximate surface area is 179 Å². The third-order valence-corrected chi connectivity index (χ3v) is 5.35. The average molecular weight is 420 g/mol. The molecule has 0 bridgehead atoms. The van der Waals surface area contributed by atoms with Gasteiger partial charge in [-0.3, -0.25) is 9.63 Å². The molecule has 5 nitrogen and oxygen atoms in total. The van der Waals surface area contributed by atoms with E-state index in [-0.39, 0.29) is 12.0 Å². The number of H-pyrrole nitrogens is 1. The Kier molecular flexibility index (Phi) is 6.14. The maximum Gasteiger partial charge on any atom is 0.272 e. The predicted molar refractivity (Wildman–Crippen MR) is 120 cm³/mol. The maximum absolute atomic E-state index is 13.0. The number of aryl methyl sites for hydroxylation is 1. The number of carbonyl (C=O) groups is 1. The quantitative estimate of drug-likeness (QED) is 0.339. The number of anilines is 1. The Balaban J connectivity index is 1.65. The van der Waals surface area contributed by atoms with Crippen molar-refractivity contribution in [2.45, 2.75) is 18.9 Å². The van der Waals surface area contributed by atoms with Gasteiger partial charge in [0.25, 0.3) is 5.91 Å². The zero-order valence-corrected chi connectivity index (χ0v) is 17.0. The van der Waals surface area contributed by atoms with Gasteiger partial charge in [-0.25, -0.2) is 5.90 Å². The lowest BCUT2D eigenvalue weighted by molar-refractivity contribution is 0.0467. The van der Waals surface area contributed by atoms with E-state index in [9.17, 15) is 4.79 Å². The Morgan fingerprint density at radius 3 is 2.43 bits per heavy atom. The van der Waals surface area contributed by atoms with Crippen molar-refractivity contribution in [2.24, 2.45) is 5.90 Å². The Bertz CT molecular complexity index is 1140. The highest BCUT2D eigenvalue weighted by atomic mass is 35.5. The van der Waals surface area contributed by atoms with Gasteiger partial charge in [-0.2, -0.15) is 0 Å². The van der Waals surface area contributed by atoms with E-state index < -0.39 is 0 Å². The predicted octanol–water partition coefficient (Wildman–Crippen LogP) is 5.64. The molecular formula is C24H22ClN3O2. The van der Waals surface area contributed by atoms with Crippen LogP contribution in [-0.4, -0.2) is 10.9 Å². The fraction of sp³-hybridized carbons (Fsp3) is 0.125. The lowest BCUT2D eigenvalue weighted by Gasteiger charge is -2.15. The van der Waals surface area contributed by atoms with Crippen molar-refractivity contribution in [1.82, 2.24) is 4.98 Å². The van der Waals surface area contributed by atoms with E-state index in [0.717, 1.165) is 27.7 Å². The van der Waals surface area contributed by atoms with Crippen molar-refractivity contribution in [1.29, 1.82) is 0 Å². The summed E-state index contributed by atoms with van der Waals surface area (Å²) in [5.74, 6) is 5.37. The summed E-state index contributed by atoms with van der Waals surface area (Å²) >= 11 is 6.24. The monoisotopic (exact) mass is 419 g/mol. The Morgan fingerprint density at radius 1 is 1.03 bits per heavy atom. The molecule has 0 saturated carbocycles. The normalized spacial score (nSPS) is 12.1. The summed E-state index contributed by atoms with van der Waals surface area (Å²) in [6.07, 6.45) is 0.931. The first-order valence-electron chi connectivity index (χ1n) is 9.72. The number of para-hydroxylation sites is 1. The number of amides is 1. The molecular weight excluding hydrogens is 398 g/mol. The minimum absolute atomic E-state index is 0.201. The van der Waals surface area contributed by atoms with Crippen LogP contribution in [0.3, 0.4) is 0 Å². The molecule has 4 rings (SSSR count).